The van der Waals surface area contributed by atoms with E-state index in [0.29, 0.717) is 12.5 Å². The van der Waals surface area contributed by atoms with Crippen molar-refractivity contribution in [3.8, 4) is 0 Å². The molecule has 0 radical (unpaired) electrons. The monoisotopic (exact) mass is 263 g/mol. The zero-order chi connectivity index (χ0) is 13.7. The number of rotatable bonds is 2. The topological polar surface area (TPSA) is 61.5 Å². The predicted molar refractivity (Wildman–Crippen MR) is 72.6 cm³/mol. The summed E-state index contributed by atoms with van der Waals surface area (Å²) in [4.78, 5) is 11.6. The van der Waals surface area contributed by atoms with Gasteiger partial charge in [-0.1, -0.05) is 30.3 Å². The van der Waals surface area contributed by atoms with Crippen LogP contribution in [-0.2, 0) is 20.7 Å². The molecule has 1 unspecified atom stereocenters. The van der Waals surface area contributed by atoms with Crippen LogP contribution in [0.3, 0.4) is 0 Å². The van der Waals surface area contributed by atoms with Crippen molar-refractivity contribution in [2.24, 2.45) is 11.7 Å². The molecule has 4 heteroatoms. The molecule has 0 saturated carbocycles. The molecule has 19 heavy (non-hydrogen) atoms. The molecular weight excluding hydrogens is 242 g/mol. The molecule has 0 amide bonds. The summed E-state index contributed by atoms with van der Waals surface area (Å²) in [5.74, 6) is -0.0247. The van der Waals surface area contributed by atoms with Crippen molar-refractivity contribution in [3.05, 3.63) is 35.9 Å². The largest absolute Gasteiger partial charge is 0.461 e. The molecule has 0 aromatic heterocycles. The van der Waals surface area contributed by atoms with E-state index in [1.54, 1.807) is 0 Å². The van der Waals surface area contributed by atoms with Crippen LogP contribution in [0.25, 0.3) is 0 Å². The van der Waals surface area contributed by atoms with Crippen LogP contribution in [0.1, 0.15) is 18.9 Å². The molecule has 1 aromatic rings. The Morgan fingerprint density at radius 1 is 1.26 bits per heavy atom. The highest BCUT2D eigenvalue weighted by Gasteiger charge is 2.24. The Morgan fingerprint density at radius 2 is 2.00 bits per heavy atom. The van der Waals surface area contributed by atoms with Crippen LogP contribution >= 0.6 is 0 Å². The van der Waals surface area contributed by atoms with Crippen LogP contribution in [-0.4, -0.2) is 31.3 Å². The second-order valence-electron chi connectivity index (χ2n) is 5.18. The lowest BCUT2D eigenvalue weighted by molar-refractivity contribution is -0.150. The van der Waals surface area contributed by atoms with Gasteiger partial charge in [-0.3, -0.25) is 4.79 Å². The number of ether oxygens (including phenoxy) is 2. The van der Waals surface area contributed by atoms with E-state index >= 15 is 0 Å². The van der Waals surface area contributed by atoms with Gasteiger partial charge in [0.2, 0.25) is 0 Å². The van der Waals surface area contributed by atoms with E-state index in [9.17, 15) is 4.79 Å². The van der Waals surface area contributed by atoms with Gasteiger partial charge in [0, 0.05) is 6.61 Å². The van der Waals surface area contributed by atoms with Gasteiger partial charge in [-0.15, -0.1) is 0 Å². The molecule has 2 rings (SSSR count). The van der Waals surface area contributed by atoms with Gasteiger partial charge in [-0.2, -0.15) is 0 Å². The average Bonchev–Trinajstić information content (AvgIpc) is 2.43. The molecule has 4 nitrogen and oxygen atoms in total. The molecule has 2 N–H and O–H groups in total. The van der Waals surface area contributed by atoms with Crippen molar-refractivity contribution in [2.75, 3.05) is 13.2 Å². The Labute approximate surface area is 113 Å². The lowest BCUT2D eigenvalue weighted by Gasteiger charge is -2.19. The van der Waals surface area contributed by atoms with Gasteiger partial charge in [0.15, 0.2) is 0 Å². The van der Waals surface area contributed by atoms with E-state index in [0.717, 1.165) is 12.8 Å². The van der Waals surface area contributed by atoms with E-state index in [-0.39, 0.29) is 18.7 Å². The molecule has 1 aliphatic heterocycles. The first-order valence-electron chi connectivity index (χ1n) is 6.73. The normalized spacial score (nSPS) is 28.9. The number of hydrogen-bond donors (Lipinski definition) is 1. The third-order valence-corrected chi connectivity index (χ3v) is 3.30. The van der Waals surface area contributed by atoms with Crippen LogP contribution in [0.2, 0.25) is 0 Å². The highest BCUT2D eigenvalue weighted by Crippen LogP contribution is 2.18. The van der Waals surface area contributed by atoms with Crippen LogP contribution in [0.15, 0.2) is 30.3 Å². The number of nitrogens with two attached hydrogens (primary N) is 1. The van der Waals surface area contributed by atoms with Gasteiger partial charge in [-0.25, -0.2) is 0 Å². The Bertz CT molecular complexity index is 407. The van der Waals surface area contributed by atoms with Crippen molar-refractivity contribution in [3.63, 3.8) is 0 Å². The summed E-state index contributed by atoms with van der Waals surface area (Å²) in [6.07, 6.45) is 1.61. The first kappa shape index (κ1) is 14.0. The van der Waals surface area contributed by atoms with Crippen LogP contribution < -0.4 is 5.73 Å². The van der Waals surface area contributed by atoms with Crippen LogP contribution in [0.4, 0.5) is 0 Å². The summed E-state index contributed by atoms with van der Waals surface area (Å²) in [6, 6.07) is 9.62. The molecular formula is C15H21NO3. The number of esters is 1. The van der Waals surface area contributed by atoms with Crippen molar-refractivity contribution >= 4 is 5.97 Å². The maximum atomic E-state index is 11.6. The molecule has 0 aliphatic carbocycles. The molecule has 1 fully saturated rings. The lowest BCUT2D eigenvalue weighted by Crippen LogP contribution is -2.37. The average molecular weight is 263 g/mol. The smallest absolute Gasteiger partial charge is 0.325 e. The number of carbonyl (C=O) groups is 1. The second-order valence-corrected chi connectivity index (χ2v) is 5.18. The summed E-state index contributed by atoms with van der Waals surface area (Å²) < 4.78 is 10.9. The summed E-state index contributed by atoms with van der Waals surface area (Å²) >= 11 is 0. The zero-order valence-corrected chi connectivity index (χ0v) is 11.2. The lowest BCUT2D eigenvalue weighted by atomic mass is 9.95. The number of cyclic esters (lactones) is 1. The molecule has 3 atom stereocenters. The molecule has 1 heterocycles. The maximum Gasteiger partial charge on any atom is 0.325 e. The number of benzene rings is 1. The fourth-order valence-electron chi connectivity index (χ4n) is 2.39. The van der Waals surface area contributed by atoms with Gasteiger partial charge in [0.05, 0.1) is 12.7 Å². The summed E-state index contributed by atoms with van der Waals surface area (Å²) in [5, 5.41) is 0. The fraction of sp³-hybridized carbons (Fsp3) is 0.533. The summed E-state index contributed by atoms with van der Waals surface area (Å²) in [6.45, 7) is 2.76. The first-order chi connectivity index (χ1) is 9.15. The second kappa shape index (κ2) is 6.68. The van der Waals surface area contributed by atoms with E-state index in [4.69, 9.17) is 15.2 Å². The summed E-state index contributed by atoms with van der Waals surface area (Å²) in [5.41, 5.74) is 6.95. The van der Waals surface area contributed by atoms with E-state index in [2.05, 4.69) is 12.1 Å². The van der Waals surface area contributed by atoms with Crippen molar-refractivity contribution in [2.45, 2.75) is 31.9 Å². The fourth-order valence-corrected chi connectivity index (χ4v) is 2.39. The molecule has 0 spiro atoms. The van der Waals surface area contributed by atoms with Crippen LogP contribution in [0, 0.1) is 5.92 Å². The van der Waals surface area contributed by atoms with Gasteiger partial charge in [-0.05, 0) is 31.2 Å². The third-order valence-electron chi connectivity index (χ3n) is 3.30. The van der Waals surface area contributed by atoms with Crippen molar-refractivity contribution in [1.29, 1.82) is 0 Å². The van der Waals surface area contributed by atoms with Gasteiger partial charge >= 0.3 is 5.97 Å². The van der Waals surface area contributed by atoms with Crippen molar-refractivity contribution < 1.29 is 14.3 Å². The van der Waals surface area contributed by atoms with Gasteiger partial charge < -0.3 is 15.2 Å². The predicted octanol–water partition coefficient (Wildman–Crippen LogP) is 1.52. The molecule has 1 aliphatic rings. The van der Waals surface area contributed by atoms with Gasteiger partial charge in [0.1, 0.15) is 6.04 Å². The summed E-state index contributed by atoms with van der Waals surface area (Å²) in [7, 11) is 0. The van der Waals surface area contributed by atoms with Gasteiger partial charge in [0.25, 0.3) is 0 Å². The van der Waals surface area contributed by atoms with Crippen molar-refractivity contribution in [1.82, 2.24) is 0 Å². The molecule has 1 saturated heterocycles. The van der Waals surface area contributed by atoms with E-state index < -0.39 is 6.04 Å². The minimum atomic E-state index is -0.669. The standard InChI is InChI=1S/C15H21NO3/c1-11-7-13(8-12-5-3-2-4-6-12)9-18-10-14(16)15(17)19-11/h2-6,11,13-14H,7-10,16H2,1H3/t11?,13-,14-/m0/s1. The Morgan fingerprint density at radius 3 is 2.74 bits per heavy atom. The molecule has 104 valence electrons. The minimum Gasteiger partial charge on any atom is -0.461 e. The maximum absolute atomic E-state index is 11.6. The Hall–Kier alpha value is -1.39. The van der Waals surface area contributed by atoms with E-state index in [1.807, 2.05) is 25.1 Å². The van der Waals surface area contributed by atoms with E-state index in [1.165, 1.54) is 5.56 Å². The highest BCUT2D eigenvalue weighted by molar-refractivity contribution is 5.75. The van der Waals surface area contributed by atoms with Crippen LogP contribution in [0.5, 0.6) is 0 Å². The Kier molecular flexibility index (Phi) is 4.93. The third kappa shape index (κ3) is 4.33. The Balaban J connectivity index is 1.98. The number of carbonyl (C=O) groups excluding carboxylic acids is 1. The molecule has 0 bridgehead atoms. The SMILES string of the molecule is CC1C[C@@H](Cc2ccccc2)COC[C@H](N)C(=O)O1. The quantitative estimate of drug-likeness (QED) is 0.822. The first-order valence-corrected chi connectivity index (χ1v) is 6.73. The number of hydrogen-bond acceptors (Lipinski definition) is 4. The zero-order valence-electron chi connectivity index (χ0n) is 11.2. The molecule has 1 aromatic carbocycles. The highest BCUT2D eigenvalue weighted by atomic mass is 16.5. The minimum absolute atomic E-state index is 0.117.